The summed E-state index contributed by atoms with van der Waals surface area (Å²) in [5.41, 5.74) is -0.617. The molecule has 0 spiro atoms. The molecule has 8 heteroatoms. The zero-order valence-corrected chi connectivity index (χ0v) is 16.6. The highest BCUT2D eigenvalue weighted by atomic mass is 16.5. The van der Waals surface area contributed by atoms with Crippen molar-refractivity contribution in [1.29, 1.82) is 0 Å². The molecule has 2 N–H and O–H groups in total. The summed E-state index contributed by atoms with van der Waals surface area (Å²) in [6.45, 7) is 5.73. The number of ether oxygens (including phenoxy) is 2. The molecule has 3 heterocycles. The summed E-state index contributed by atoms with van der Waals surface area (Å²) in [5.74, 6) is 1.50. The molecule has 1 amide bonds. The van der Waals surface area contributed by atoms with Gasteiger partial charge in [0.25, 0.3) is 0 Å². The van der Waals surface area contributed by atoms with Crippen molar-refractivity contribution in [2.45, 2.75) is 31.2 Å². The third kappa shape index (κ3) is 5.43. The van der Waals surface area contributed by atoms with Gasteiger partial charge in [-0.25, -0.2) is 0 Å². The van der Waals surface area contributed by atoms with E-state index in [1.807, 2.05) is 19.3 Å². The lowest BCUT2D eigenvalue weighted by Crippen LogP contribution is -2.59. The maximum absolute atomic E-state index is 13.0. The van der Waals surface area contributed by atoms with Crippen LogP contribution in [0.25, 0.3) is 0 Å². The highest BCUT2D eigenvalue weighted by Crippen LogP contribution is 2.28. The maximum atomic E-state index is 13.0. The van der Waals surface area contributed by atoms with Gasteiger partial charge in [0.1, 0.15) is 11.4 Å². The number of hydrogen-bond donors (Lipinski definition) is 2. The minimum Gasteiger partial charge on any atom is -0.383 e. The molecule has 0 atom stereocenters. The Balaban J connectivity index is 1.61. The Morgan fingerprint density at radius 3 is 2.74 bits per heavy atom. The summed E-state index contributed by atoms with van der Waals surface area (Å²) in [4.78, 5) is 15.5. The van der Waals surface area contributed by atoms with Crippen LogP contribution in [0.5, 0.6) is 0 Å². The second-order valence-corrected chi connectivity index (χ2v) is 7.69. The van der Waals surface area contributed by atoms with Gasteiger partial charge in [0.15, 0.2) is 0 Å². The average Bonchev–Trinajstić information content (AvgIpc) is 3.09. The number of rotatable bonds is 8. The first-order valence-electron chi connectivity index (χ1n) is 9.96. The fourth-order valence-electron chi connectivity index (χ4n) is 3.98. The molecule has 1 aromatic heterocycles. The van der Waals surface area contributed by atoms with E-state index in [2.05, 4.69) is 20.6 Å². The van der Waals surface area contributed by atoms with Gasteiger partial charge in [-0.15, -0.1) is 0 Å². The van der Waals surface area contributed by atoms with Crippen LogP contribution in [0.2, 0.25) is 0 Å². The Labute approximate surface area is 161 Å². The van der Waals surface area contributed by atoms with Crippen molar-refractivity contribution in [3.05, 3.63) is 12.3 Å². The van der Waals surface area contributed by atoms with E-state index in [0.29, 0.717) is 19.1 Å². The molecule has 0 bridgehead atoms. The molecule has 152 valence electrons. The second-order valence-electron chi connectivity index (χ2n) is 7.69. The molecule has 0 saturated carbocycles. The number of anilines is 1. The number of aryl methyl sites for hydroxylation is 1. The Morgan fingerprint density at radius 1 is 1.37 bits per heavy atom. The van der Waals surface area contributed by atoms with Crippen LogP contribution >= 0.6 is 0 Å². The number of nitrogens with one attached hydrogen (secondary N) is 2. The van der Waals surface area contributed by atoms with Gasteiger partial charge in [-0.2, -0.15) is 5.10 Å². The van der Waals surface area contributed by atoms with Gasteiger partial charge in [-0.3, -0.25) is 9.48 Å². The molecule has 2 saturated heterocycles. The number of piperidine rings is 1. The smallest absolute Gasteiger partial charge is 0.245 e. The summed E-state index contributed by atoms with van der Waals surface area (Å²) < 4.78 is 12.3. The van der Waals surface area contributed by atoms with Crippen molar-refractivity contribution < 1.29 is 14.3 Å². The van der Waals surface area contributed by atoms with E-state index in [1.54, 1.807) is 11.8 Å². The monoisotopic (exact) mass is 379 g/mol. The number of amides is 1. The van der Waals surface area contributed by atoms with Gasteiger partial charge in [-0.1, -0.05) is 0 Å². The van der Waals surface area contributed by atoms with E-state index < -0.39 is 5.54 Å². The minimum atomic E-state index is -0.617. The summed E-state index contributed by atoms with van der Waals surface area (Å²) in [5, 5.41) is 10.9. The van der Waals surface area contributed by atoms with Crippen molar-refractivity contribution in [3.63, 3.8) is 0 Å². The van der Waals surface area contributed by atoms with Crippen LogP contribution in [-0.2, 0) is 21.3 Å². The molecule has 8 nitrogen and oxygen atoms in total. The van der Waals surface area contributed by atoms with Crippen LogP contribution in [0.1, 0.15) is 25.7 Å². The van der Waals surface area contributed by atoms with E-state index in [0.717, 1.165) is 64.3 Å². The summed E-state index contributed by atoms with van der Waals surface area (Å²) in [7, 11) is 3.52. The van der Waals surface area contributed by atoms with Crippen molar-refractivity contribution in [3.8, 4) is 0 Å². The normalized spacial score (nSPS) is 21.1. The Morgan fingerprint density at radius 2 is 2.11 bits per heavy atom. The van der Waals surface area contributed by atoms with Crippen LogP contribution in [0, 0.1) is 5.92 Å². The van der Waals surface area contributed by atoms with Crippen LogP contribution in [0.15, 0.2) is 12.3 Å². The van der Waals surface area contributed by atoms with Gasteiger partial charge < -0.3 is 25.0 Å². The van der Waals surface area contributed by atoms with Gasteiger partial charge in [-0.05, 0) is 31.6 Å². The molecule has 27 heavy (non-hydrogen) atoms. The third-order valence-corrected chi connectivity index (χ3v) is 5.67. The van der Waals surface area contributed by atoms with Crippen molar-refractivity contribution in [2.24, 2.45) is 13.0 Å². The molecule has 2 fully saturated rings. The first-order valence-corrected chi connectivity index (χ1v) is 9.96. The zero-order valence-electron chi connectivity index (χ0n) is 16.6. The predicted molar refractivity (Wildman–Crippen MR) is 104 cm³/mol. The molecule has 1 aromatic rings. The van der Waals surface area contributed by atoms with Gasteiger partial charge in [0, 0.05) is 65.8 Å². The van der Waals surface area contributed by atoms with Crippen molar-refractivity contribution >= 4 is 11.7 Å². The summed E-state index contributed by atoms with van der Waals surface area (Å²) in [6, 6.07) is 1.92. The van der Waals surface area contributed by atoms with Gasteiger partial charge in [0.05, 0.1) is 6.61 Å². The van der Waals surface area contributed by atoms with Crippen molar-refractivity contribution in [2.75, 3.05) is 58.4 Å². The van der Waals surface area contributed by atoms with Crippen LogP contribution < -0.4 is 10.6 Å². The van der Waals surface area contributed by atoms with E-state index in [9.17, 15) is 4.79 Å². The average molecular weight is 380 g/mol. The highest BCUT2D eigenvalue weighted by molar-refractivity contribution is 5.89. The lowest BCUT2D eigenvalue weighted by molar-refractivity contribution is -0.127. The molecule has 0 aromatic carbocycles. The molecule has 2 aliphatic heterocycles. The minimum absolute atomic E-state index is 0.0379. The predicted octanol–water partition coefficient (Wildman–Crippen LogP) is 0.856. The first kappa shape index (κ1) is 20.1. The number of likely N-dealkylation sites (tertiary alicyclic amines) is 1. The third-order valence-electron chi connectivity index (χ3n) is 5.67. The number of nitrogens with zero attached hydrogens (tertiary/aromatic N) is 3. The number of carbonyl (C=O) groups excluding carboxylic acids is 1. The summed E-state index contributed by atoms with van der Waals surface area (Å²) >= 11 is 0. The largest absolute Gasteiger partial charge is 0.383 e. The van der Waals surface area contributed by atoms with E-state index in [4.69, 9.17) is 9.47 Å². The first-order chi connectivity index (χ1) is 13.1. The molecular formula is C19H33N5O3. The molecule has 2 aliphatic rings. The topological polar surface area (TPSA) is 80.7 Å². The van der Waals surface area contributed by atoms with Crippen LogP contribution in [-0.4, -0.2) is 79.2 Å². The van der Waals surface area contributed by atoms with E-state index >= 15 is 0 Å². The highest BCUT2D eigenvalue weighted by Gasteiger charge is 2.42. The second kappa shape index (κ2) is 9.52. The SMILES string of the molecule is COCCNC(=O)C1(Nc2ccn(C)n2)CCN(CC2CCOCC2)CC1. The standard InChI is InChI=1S/C19H33N5O3/c1-23-9-3-17(22-23)21-19(18(25)20-8-14-26-2)6-10-24(11-7-19)15-16-4-12-27-13-5-16/h3,9,16H,4-8,10-15H2,1-2H3,(H,20,25)(H,21,22). The van der Waals surface area contributed by atoms with Gasteiger partial charge in [0.2, 0.25) is 5.91 Å². The Hall–Kier alpha value is -1.64. The Kier molecular flexibility index (Phi) is 7.09. The zero-order chi connectivity index (χ0) is 19.1. The molecular weight excluding hydrogens is 346 g/mol. The number of methoxy groups -OCH3 is 1. The van der Waals surface area contributed by atoms with Crippen molar-refractivity contribution in [1.82, 2.24) is 20.0 Å². The maximum Gasteiger partial charge on any atom is 0.245 e. The van der Waals surface area contributed by atoms with E-state index in [-0.39, 0.29) is 5.91 Å². The molecule has 3 rings (SSSR count). The fourth-order valence-corrected chi connectivity index (χ4v) is 3.98. The number of hydrogen-bond acceptors (Lipinski definition) is 6. The quantitative estimate of drug-likeness (QED) is 0.652. The lowest BCUT2D eigenvalue weighted by atomic mass is 9.85. The summed E-state index contributed by atoms with van der Waals surface area (Å²) in [6.07, 6.45) is 5.72. The number of aromatic nitrogens is 2. The van der Waals surface area contributed by atoms with E-state index in [1.165, 1.54) is 0 Å². The molecule has 0 unspecified atom stereocenters. The Bertz CT molecular complexity index is 592. The lowest BCUT2D eigenvalue weighted by Gasteiger charge is -2.42. The molecule has 0 radical (unpaired) electrons. The number of carbonyl (C=O) groups is 1. The fraction of sp³-hybridized carbons (Fsp3) is 0.789. The van der Waals surface area contributed by atoms with Crippen LogP contribution in [0.4, 0.5) is 5.82 Å². The van der Waals surface area contributed by atoms with Gasteiger partial charge >= 0.3 is 0 Å². The van der Waals surface area contributed by atoms with Crippen LogP contribution in [0.3, 0.4) is 0 Å². The molecule has 0 aliphatic carbocycles.